The lowest BCUT2D eigenvalue weighted by molar-refractivity contribution is 0.306. The summed E-state index contributed by atoms with van der Waals surface area (Å²) in [5.74, 6) is 0.843. The molecule has 0 bridgehead atoms. The van der Waals surface area contributed by atoms with Crippen molar-refractivity contribution in [2.75, 3.05) is 6.54 Å². The molecule has 0 aliphatic rings. The molecule has 1 aromatic heterocycles. The van der Waals surface area contributed by atoms with Gasteiger partial charge in [-0.2, -0.15) is 0 Å². The zero-order chi connectivity index (χ0) is 13.0. The second-order valence-electron chi connectivity index (χ2n) is 3.92. The van der Waals surface area contributed by atoms with Gasteiger partial charge in [0.1, 0.15) is 12.4 Å². The van der Waals surface area contributed by atoms with Gasteiger partial charge in [-0.05, 0) is 43.7 Å². The minimum absolute atomic E-state index is 0.532. The van der Waals surface area contributed by atoms with Gasteiger partial charge < -0.3 is 10.5 Å². The predicted molar refractivity (Wildman–Crippen MR) is 75.4 cm³/mol. The Morgan fingerprint density at radius 3 is 2.94 bits per heavy atom. The fraction of sp³-hybridized carbons (Fsp3) is 0.308. The first-order valence-electron chi connectivity index (χ1n) is 5.71. The average Bonchev–Trinajstić information content (AvgIpc) is 2.75. The van der Waals surface area contributed by atoms with Crippen molar-refractivity contribution in [2.24, 2.45) is 5.73 Å². The second kappa shape index (κ2) is 6.18. The number of hydrogen-bond acceptors (Lipinski definition) is 4. The van der Waals surface area contributed by atoms with Crippen LogP contribution in [0.3, 0.4) is 0 Å². The largest absolute Gasteiger partial charge is 0.488 e. The van der Waals surface area contributed by atoms with Crippen molar-refractivity contribution >= 4 is 22.9 Å². The van der Waals surface area contributed by atoms with E-state index in [1.54, 1.807) is 11.3 Å². The predicted octanol–water partition coefficient (Wildman–Crippen LogP) is 3.19. The van der Waals surface area contributed by atoms with Crippen LogP contribution in [-0.2, 0) is 13.0 Å². The topological polar surface area (TPSA) is 48.1 Å². The van der Waals surface area contributed by atoms with Gasteiger partial charge >= 0.3 is 0 Å². The van der Waals surface area contributed by atoms with Gasteiger partial charge in [0.2, 0.25) is 0 Å². The van der Waals surface area contributed by atoms with Crippen LogP contribution in [0.5, 0.6) is 5.75 Å². The molecule has 0 amide bonds. The second-order valence-corrected chi connectivity index (χ2v) is 5.68. The molecule has 0 spiro atoms. The van der Waals surface area contributed by atoms with E-state index in [9.17, 15) is 0 Å². The molecule has 1 heterocycles. The van der Waals surface area contributed by atoms with Crippen molar-refractivity contribution in [1.29, 1.82) is 0 Å². The summed E-state index contributed by atoms with van der Waals surface area (Å²) in [5.41, 5.74) is 6.63. The number of nitrogens with zero attached hydrogens (tertiary/aromatic N) is 1. The Labute approximate surface area is 116 Å². The van der Waals surface area contributed by atoms with Gasteiger partial charge in [-0.3, -0.25) is 0 Å². The quantitative estimate of drug-likeness (QED) is 0.916. The van der Waals surface area contributed by atoms with Crippen LogP contribution < -0.4 is 10.5 Å². The maximum absolute atomic E-state index is 5.97. The summed E-state index contributed by atoms with van der Waals surface area (Å²) in [6, 6.07) is 5.62. The number of ether oxygens (including phenoxy) is 1. The van der Waals surface area contributed by atoms with Crippen molar-refractivity contribution in [2.45, 2.75) is 20.0 Å². The molecule has 18 heavy (non-hydrogen) atoms. The lowest BCUT2D eigenvalue weighted by Gasteiger charge is -2.10. The van der Waals surface area contributed by atoms with E-state index in [0.717, 1.165) is 27.6 Å². The van der Waals surface area contributed by atoms with Crippen molar-refractivity contribution in [3.05, 3.63) is 44.9 Å². The average molecular weight is 283 g/mol. The Bertz CT molecular complexity index is 527. The summed E-state index contributed by atoms with van der Waals surface area (Å²) in [5, 5.41) is 1.76. The highest BCUT2D eigenvalue weighted by molar-refractivity contribution is 7.11. The Morgan fingerprint density at radius 1 is 1.44 bits per heavy atom. The number of nitrogens with two attached hydrogens (primary N) is 1. The summed E-state index contributed by atoms with van der Waals surface area (Å²) in [7, 11) is 0. The van der Waals surface area contributed by atoms with Crippen LogP contribution in [0.1, 0.15) is 15.4 Å². The van der Waals surface area contributed by atoms with Gasteiger partial charge in [-0.15, -0.1) is 11.3 Å². The SMILES string of the molecule is Cc1ncc(COc2ccc(Cl)cc2CCN)s1. The summed E-state index contributed by atoms with van der Waals surface area (Å²) in [6.07, 6.45) is 2.61. The molecule has 3 nitrogen and oxygen atoms in total. The summed E-state index contributed by atoms with van der Waals surface area (Å²) >= 11 is 7.61. The first kappa shape index (κ1) is 13.3. The number of benzene rings is 1. The molecule has 1 aromatic carbocycles. The molecule has 0 aliphatic carbocycles. The minimum atomic E-state index is 0.532. The van der Waals surface area contributed by atoms with Gasteiger partial charge in [0, 0.05) is 11.2 Å². The van der Waals surface area contributed by atoms with Crippen LogP contribution in [0.4, 0.5) is 0 Å². The fourth-order valence-corrected chi connectivity index (χ4v) is 2.56. The van der Waals surface area contributed by atoms with Gasteiger partial charge in [0.25, 0.3) is 0 Å². The third-order valence-corrected chi connectivity index (χ3v) is 3.60. The molecular weight excluding hydrogens is 268 g/mol. The van der Waals surface area contributed by atoms with E-state index in [0.29, 0.717) is 18.2 Å². The maximum Gasteiger partial charge on any atom is 0.124 e. The van der Waals surface area contributed by atoms with Gasteiger partial charge in [-0.25, -0.2) is 4.98 Å². The Morgan fingerprint density at radius 2 is 2.28 bits per heavy atom. The molecule has 2 rings (SSSR count). The Hall–Kier alpha value is -1.10. The Balaban J connectivity index is 2.08. The summed E-state index contributed by atoms with van der Waals surface area (Å²) in [4.78, 5) is 5.31. The molecule has 0 radical (unpaired) electrons. The van der Waals surface area contributed by atoms with E-state index in [2.05, 4.69) is 4.98 Å². The summed E-state index contributed by atoms with van der Waals surface area (Å²) in [6.45, 7) is 3.09. The van der Waals surface area contributed by atoms with Crippen LogP contribution >= 0.6 is 22.9 Å². The molecule has 5 heteroatoms. The molecule has 2 aromatic rings. The third-order valence-electron chi connectivity index (χ3n) is 2.48. The van der Waals surface area contributed by atoms with Gasteiger partial charge in [0.15, 0.2) is 0 Å². The minimum Gasteiger partial charge on any atom is -0.488 e. The van der Waals surface area contributed by atoms with Gasteiger partial charge in [-0.1, -0.05) is 11.6 Å². The van der Waals surface area contributed by atoms with Crippen LogP contribution in [0, 0.1) is 6.92 Å². The van der Waals surface area contributed by atoms with Crippen molar-refractivity contribution in [1.82, 2.24) is 4.98 Å². The third kappa shape index (κ3) is 3.45. The highest BCUT2D eigenvalue weighted by atomic mass is 35.5. The molecule has 96 valence electrons. The monoisotopic (exact) mass is 282 g/mol. The van der Waals surface area contributed by atoms with Crippen molar-refractivity contribution in [3.63, 3.8) is 0 Å². The van der Waals surface area contributed by atoms with E-state index in [4.69, 9.17) is 22.1 Å². The normalized spacial score (nSPS) is 10.6. The molecule has 0 fully saturated rings. The molecule has 0 unspecified atom stereocenters. The first-order chi connectivity index (χ1) is 8.69. The number of thiazole rings is 1. The highest BCUT2D eigenvalue weighted by Gasteiger charge is 2.06. The number of aryl methyl sites for hydroxylation is 1. The zero-order valence-corrected chi connectivity index (χ0v) is 11.7. The maximum atomic E-state index is 5.97. The molecular formula is C13H15ClN2OS. The fourth-order valence-electron chi connectivity index (χ4n) is 1.66. The van der Waals surface area contributed by atoms with E-state index in [-0.39, 0.29) is 0 Å². The van der Waals surface area contributed by atoms with E-state index in [1.165, 1.54) is 0 Å². The molecule has 0 saturated heterocycles. The first-order valence-corrected chi connectivity index (χ1v) is 6.91. The number of aromatic nitrogens is 1. The lowest BCUT2D eigenvalue weighted by Crippen LogP contribution is -2.05. The van der Waals surface area contributed by atoms with Crippen LogP contribution in [-0.4, -0.2) is 11.5 Å². The highest BCUT2D eigenvalue weighted by Crippen LogP contribution is 2.24. The number of halogens is 1. The molecule has 0 aliphatic heterocycles. The zero-order valence-electron chi connectivity index (χ0n) is 10.1. The standard InChI is InChI=1S/C13H15ClN2OS/c1-9-16-7-12(18-9)8-17-13-3-2-11(14)6-10(13)4-5-15/h2-3,6-7H,4-5,8,15H2,1H3. The van der Waals surface area contributed by atoms with E-state index < -0.39 is 0 Å². The van der Waals surface area contributed by atoms with Crippen molar-refractivity contribution in [3.8, 4) is 5.75 Å². The molecule has 0 saturated carbocycles. The van der Waals surface area contributed by atoms with Crippen molar-refractivity contribution < 1.29 is 4.74 Å². The molecule has 0 atom stereocenters. The van der Waals surface area contributed by atoms with Crippen LogP contribution in [0.15, 0.2) is 24.4 Å². The molecule has 2 N–H and O–H groups in total. The van der Waals surface area contributed by atoms with Gasteiger partial charge in [0.05, 0.1) is 9.88 Å². The van der Waals surface area contributed by atoms with E-state index >= 15 is 0 Å². The van der Waals surface area contributed by atoms with Crippen LogP contribution in [0.25, 0.3) is 0 Å². The lowest BCUT2D eigenvalue weighted by atomic mass is 10.1. The smallest absolute Gasteiger partial charge is 0.124 e. The summed E-state index contributed by atoms with van der Waals surface area (Å²) < 4.78 is 5.80. The Kier molecular flexibility index (Phi) is 4.58. The van der Waals surface area contributed by atoms with E-state index in [1.807, 2.05) is 31.3 Å². The number of hydrogen-bond donors (Lipinski definition) is 1. The van der Waals surface area contributed by atoms with Crippen LogP contribution in [0.2, 0.25) is 5.02 Å². The number of rotatable bonds is 5.